The molecule has 41 heavy (non-hydrogen) atoms. The molecule has 4 amide bonds. The lowest BCUT2D eigenvalue weighted by Gasteiger charge is -2.29. The molecule has 1 fully saturated rings. The first-order chi connectivity index (χ1) is 19.8. The van der Waals surface area contributed by atoms with Crippen LogP contribution in [0.4, 0.5) is 5.69 Å². The van der Waals surface area contributed by atoms with Crippen LogP contribution in [0.25, 0.3) is 6.08 Å². The van der Waals surface area contributed by atoms with Crippen LogP contribution >= 0.6 is 12.2 Å². The van der Waals surface area contributed by atoms with Crippen molar-refractivity contribution in [2.75, 3.05) is 25.7 Å². The SMILES string of the molecule is CCOc1ccc(N2C(=O)C(=Cc3cc(CN4C(=O)c5ccccc5C4=O)c(OC)cc3OC)C(=O)NC2=S)cc1. The largest absolute Gasteiger partial charge is 0.496 e. The van der Waals surface area contributed by atoms with E-state index in [2.05, 4.69) is 5.32 Å². The number of methoxy groups -OCH3 is 2. The van der Waals surface area contributed by atoms with Gasteiger partial charge in [0.2, 0.25) is 0 Å². The van der Waals surface area contributed by atoms with Gasteiger partial charge >= 0.3 is 0 Å². The van der Waals surface area contributed by atoms with Crippen molar-refractivity contribution < 1.29 is 33.4 Å². The van der Waals surface area contributed by atoms with Crippen molar-refractivity contribution in [3.8, 4) is 17.2 Å². The number of ether oxygens (including phenoxy) is 3. The van der Waals surface area contributed by atoms with E-state index in [-0.39, 0.29) is 17.2 Å². The number of carbonyl (C=O) groups is 4. The van der Waals surface area contributed by atoms with Crippen molar-refractivity contribution in [2.24, 2.45) is 0 Å². The first-order valence-electron chi connectivity index (χ1n) is 12.6. The van der Waals surface area contributed by atoms with E-state index < -0.39 is 23.6 Å². The lowest BCUT2D eigenvalue weighted by atomic mass is 10.0. The van der Waals surface area contributed by atoms with E-state index in [1.54, 1.807) is 60.7 Å². The molecule has 10 nitrogen and oxygen atoms in total. The summed E-state index contributed by atoms with van der Waals surface area (Å²) in [6.07, 6.45) is 1.38. The number of carbonyl (C=O) groups excluding carboxylic acids is 4. The molecule has 2 aliphatic heterocycles. The monoisotopic (exact) mass is 571 g/mol. The fourth-order valence-electron chi connectivity index (χ4n) is 4.69. The molecule has 5 rings (SSSR count). The Morgan fingerprint density at radius 1 is 0.854 bits per heavy atom. The lowest BCUT2D eigenvalue weighted by molar-refractivity contribution is -0.122. The summed E-state index contributed by atoms with van der Waals surface area (Å²) in [6.45, 7) is 2.25. The number of rotatable bonds is 8. The molecule has 0 saturated carbocycles. The Morgan fingerprint density at radius 3 is 2.07 bits per heavy atom. The third kappa shape index (κ3) is 5.03. The van der Waals surface area contributed by atoms with Crippen LogP contribution in [0.1, 0.15) is 38.8 Å². The fourth-order valence-corrected chi connectivity index (χ4v) is 4.97. The zero-order chi connectivity index (χ0) is 29.3. The minimum Gasteiger partial charge on any atom is -0.496 e. The summed E-state index contributed by atoms with van der Waals surface area (Å²) in [6, 6.07) is 16.5. The van der Waals surface area contributed by atoms with Crippen LogP contribution in [0.3, 0.4) is 0 Å². The van der Waals surface area contributed by atoms with Gasteiger partial charge in [-0.2, -0.15) is 0 Å². The van der Waals surface area contributed by atoms with Gasteiger partial charge in [-0.3, -0.25) is 34.3 Å². The van der Waals surface area contributed by atoms with Crippen LogP contribution in [-0.4, -0.2) is 54.5 Å². The maximum atomic E-state index is 13.6. The minimum atomic E-state index is -0.679. The highest BCUT2D eigenvalue weighted by molar-refractivity contribution is 7.80. The van der Waals surface area contributed by atoms with Gasteiger partial charge < -0.3 is 14.2 Å². The van der Waals surface area contributed by atoms with Crippen LogP contribution in [0.2, 0.25) is 0 Å². The highest BCUT2D eigenvalue weighted by Crippen LogP contribution is 2.34. The Hall–Kier alpha value is -5.03. The number of imide groups is 1. The predicted octanol–water partition coefficient (Wildman–Crippen LogP) is 3.73. The predicted molar refractivity (Wildman–Crippen MR) is 154 cm³/mol. The topological polar surface area (TPSA) is 114 Å². The molecule has 11 heteroatoms. The molecule has 1 saturated heterocycles. The summed E-state index contributed by atoms with van der Waals surface area (Å²) in [5.74, 6) is -0.877. The summed E-state index contributed by atoms with van der Waals surface area (Å²) >= 11 is 5.30. The van der Waals surface area contributed by atoms with Crippen LogP contribution in [0.5, 0.6) is 17.2 Å². The maximum Gasteiger partial charge on any atom is 0.270 e. The number of amides is 4. The van der Waals surface area contributed by atoms with Gasteiger partial charge in [0.15, 0.2) is 5.11 Å². The Kier molecular flexibility index (Phi) is 7.54. The van der Waals surface area contributed by atoms with Gasteiger partial charge in [0.1, 0.15) is 22.8 Å². The van der Waals surface area contributed by atoms with Gasteiger partial charge in [0, 0.05) is 17.2 Å². The van der Waals surface area contributed by atoms with E-state index in [0.29, 0.717) is 51.8 Å². The molecule has 0 atom stereocenters. The molecule has 0 spiro atoms. The lowest BCUT2D eigenvalue weighted by Crippen LogP contribution is -2.54. The Balaban J connectivity index is 1.51. The molecular formula is C30H25N3O7S. The van der Waals surface area contributed by atoms with Crippen molar-refractivity contribution in [3.63, 3.8) is 0 Å². The average Bonchev–Trinajstić information content (AvgIpc) is 3.21. The van der Waals surface area contributed by atoms with E-state index in [0.717, 1.165) is 4.90 Å². The van der Waals surface area contributed by atoms with Gasteiger partial charge in [-0.15, -0.1) is 0 Å². The number of nitrogens with zero attached hydrogens (tertiary/aromatic N) is 2. The highest BCUT2D eigenvalue weighted by Gasteiger charge is 2.37. The van der Waals surface area contributed by atoms with Crippen molar-refractivity contribution in [1.82, 2.24) is 10.2 Å². The summed E-state index contributed by atoms with van der Waals surface area (Å²) < 4.78 is 16.5. The zero-order valence-corrected chi connectivity index (χ0v) is 23.2. The summed E-state index contributed by atoms with van der Waals surface area (Å²) in [4.78, 5) is 54.8. The molecule has 2 aliphatic rings. The molecule has 3 aromatic carbocycles. The average molecular weight is 572 g/mol. The van der Waals surface area contributed by atoms with E-state index >= 15 is 0 Å². The van der Waals surface area contributed by atoms with Crippen molar-refractivity contribution in [1.29, 1.82) is 0 Å². The number of anilines is 1. The molecule has 0 aliphatic carbocycles. The second-order valence-electron chi connectivity index (χ2n) is 9.03. The molecule has 0 aromatic heterocycles. The number of nitrogens with one attached hydrogen (secondary N) is 1. The third-order valence-corrected chi connectivity index (χ3v) is 6.93. The van der Waals surface area contributed by atoms with Gasteiger partial charge in [-0.25, -0.2) is 0 Å². The van der Waals surface area contributed by atoms with Gasteiger partial charge in [0.05, 0.1) is 44.2 Å². The second kappa shape index (κ2) is 11.2. The number of thiocarbonyl (C=S) groups is 1. The number of fused-ring (bicyclic) bond motifs is 1. The summed E-state index contributed by atoms with van der Waals surface area (Å²) in [5, 5.41) is 2.50. The van der Waals surface area contributed by atoms with E-state index in [9.17, 15) is 19.2 Å². The molecule has 0 unspecified atom stereocenters. The van der Waals surface area contributed by atoms with Crippen LogP contribution in [-0.2, 0) is 16.1 Å². The molecule has 1 N–H and O–H groups in total. The first-order valence-corrected chi connectivity index (χ1v) is 13.0. The van der Waals surface area contributed by atoms with Crippen molar-refractivity contribution in [3.05, 3.63) is 88.5 Å². The normalized spacial score (nSPS) is 15.8. The van der Waals surface area contributed by atoms with Gasteiger partial charge in [-0.05, 0) is 67.7 Å². The molecular weight excluding hydrogens is 546 g/mol. The number of benzene rings is 3. The second-order valence-corrected chi connectivity index (χ2v) is 9.42. The van der Waals surface area contributed by atoms with E-state index in [4.69, 9.17) is 26.4 Å². The van der Waals surface area contributed by atoms with Crippen LogP contribution < -0.4 is 24.4 Å². The molecule has 208 valence electrons. The van der Waals surface area contributed by atoms with E-state index in [1.165, 1.54) is 25.2 Å². The summed E-state index contributed by atoms with van der Waals surface area (Å²) in [7, 11) is 2.89. The maximum absolute atomic E-state index is 13.6. The smallest absolute Gasteiger partial charge is 0.270 e. The minimum absolute atomic E-state index is 0.0608. The van der Waals surface area contributed by atoms with Gasteiger partial charge in [-0.1, -0.05) is 12.1 Å². The van der Waals surface area contributed by atoms with E-state index in [1.807, 2.05) is 6.92 Å². The molecule has 0 radical (unpaired) electrons. The Bertz CT molecular complexity index is 1600. The van der Waals surface area contributed by atoms with Crippen LogP contribution in [0, 0.1) is 0 Å². The third-order valence-electron chi connectivity index (χ3n) is 6.65. The Labute approximate surface area is 241 Å². The fraction of sp³-hybridized carbons (Fsp3) is 0.167. The quantitative estimate of drug-likeness (QED) is 0.188. The summed E-state index contributed by atoms with van der Waals surface area (Å²) in [5.41, 5.74) is 1.73. The first kappa shape index (κ1) is 27.5. The highest BCUT2D eigenvalue weighted by atomic mass is 32.1. The van der Waals surface area contributed by atoms with Gasteiger partial charge in [0.25, 0.3) is 23.6 Å². The molecule has 2 heterocycles. The van der Waals surface area contributed by atoms with Crippen LogP contribution in [0.15, 0.2) is 66.2 Å². The molecule has 3 aromatic rings. The van der Waals surface area contributed by atoms with Crippen molar-refractivity contribution >= 4 is 52.7 Å². The van der Waals surface area contributed by atoms with Crippen molar-refractivity contribution in [2.45, 2.75) is 13.5 Å². The molecule has 0 bridgehead atoms. The zero-order valence-electron chi connectivity index (χ0n) is 22.4. The number of hydrogen-bond donors (Lipinski definition) is 1. The Morgan fingerprint density at radius 2 is 1.49 bits per heavy atom. The standard InChI is InChI=1S/C30H25N3O7S/c1-4-40-20-11-9-19(10-12-20)33-29(37)23(26(34)31-30(33)41)14-17-13-18(25(39-3)15-24(17)38-2)16-32-27(35)21-7-5-6-8-22(21)28(32)36/h5-15H,4,16H2,1-3H3,(H,31,34,41). The number of hydrogen-bond acceptors (Lipinski definition) is 8.